The fourth-order valence-corrected chi connectivity index (χ4v) is 15.0. The van der Waals surface area contributed by atoms with Crippen molar-refractivity contribution in [2.24, 2.45) is 0 Å². The Kier molecular flexibility index (Phi) is 9.91. The van der Waals surface area contributed by atoms with Crippen molar-refractivity contribution in [3.05, 3.63) is 294 Å². The van der Waals surface area contributed by atoms with Crippen molar-refractivity contribution in [2.75, 3.05) is 9.80 Å². The van der Waals surface area contributed by atoms with Gasteiger partial charge in [-0.15, -0.1) is 0 Å². The van der Waals surface area contributed by atoms with Crippen LogP contribution in [0.3, 0.4) is 0 Å². The van der Waals surface area contributed by atoms with Gasteiger partial charge in [0, 0.05) is 54.5 Å². The molecule has 0 atom stereocenters. The van der Waals surface area contributed by atoms with E-state index in [2.05, 4.69) is 289 Å². The van der Waals surface area contributed by atoms with Crippen molar-refractivity contribution in [3.8, 4) is 16.8 Å². The van der Waals surface area contributed by atoms with Crippen LogP contribution in [0, 0.1) is 0 Å². The second-order valence-corrected chi connectivity index (χ2v) is 22.8. The quantitative estimate of drug-likeness (QED) is 0.152. The van der Waals surface area contributed by atoms with Crippen LogP contribution < -0.4 is 9.80 Å². The molecule has 0 amide bonds. The molecule has 84 heavy (non-hydrogen) atoms. The Morgan fingerprint density at radius 3 is 1.29 bits per heavy atom. The fraction of sp³-hybridized carbons (Fsp3) is 0.0633. The van der Waals surface area contributed by atoms with Crippen molar-refractivity contribution in [1.29, 1.82) is 0 Å². The van der Waals surface area contributed by atoms with Gasteiger partial charge >= 0.3 is 0 Å². The van der Waals surface area contributed by atoms with Crippen molar-refractivity contribution in [3.63, 3.8) is 0 Å². The summed E-state index contributed by atoms with van der Waals surface area (Å²) in [4.78, 5) is 4.96. The molecule has 5 heteroatoms. The molecule has 0 N–H and O–H groups in total. The van der Waals surface area contributed by atoms with E-state index in [1.165, 1.54) is 82.8 Å². The zero-order valence-electron chi connectivity index (χ0n) is 46.4. The number of benzene rings is 13. The number of aromatic nitrogens is 1. The SMILES string of the molecule is CCc1ccc(N(c2cc3c(c4ccccc24)-c2c(cc(N(c4ccc(CC)cc4)c4cccc5c4oc4ccccc45)c4ccccc24)C32c3ccccc3-n3c4ccccc4c4cccc2c43)c2cccc3c2oc2ccccc23)cc1. The molecule has 396 valence electrons. The van der Waals surface area contributed by atoms with E-state index in [-0.39, 0.29) is 0 Å². The number of nitrogens with zero attached hydrogens (tertiary/aromatic N) is 3. The molecule has 0 radical (unpaired) electrons. The largest absolute Gasteiger partial charge is 0.454 e. The Morgan fingerprint density at radius 2 is 0.750 bits per heavy atom. The first kappa shape index (κ1) is 47.1. The molecule has 16 aromatic rings. The standard InChI is InChI=1S/C79H53N3O2/c1-3-48-38-42-50(43-39-48)80(68-34-18-28-60-55-23-10-15-36-72(55)83-77(60)68)70-46-64-74(57-25-7-5-20-52(57)70)75-58-26-8-6-21-53(58)71(81(51-44-40-49(4-2)41-45-51)69-35-19-29-61-56-24-11-16-37-73(56)84-78(61)69)47-65(75)79(64)62-30-12-14-33-67(62)82-66-32-13-9-22-54(66)59-27-17-31-63(79)76(59)82/h5-47H,3-4H2,1-2H3. The van der Waals surface area contributed by atoms with E-state index in [1.54, 1.807) is 0 Å². The minimum Gasteiger partial charge on any atom is -0.454 e. The summed E-state index contributed by atoms with van der Waals surface area (Å²) < 4.78 is 16.6. The lowest BCUT2D eigenvalue weighted by molar-refractivity contribution is 0.669. The molecule has 2 aliphatic rings. The van der Waals surface area contributed by atoms with Crippen molar-refractivity contribution in [1.82, 2.24) is 4.57 Å². The molecule has 1 spiro atoms. The van der Waals surface area contributed by atoms with Gasteiger partial charge < -0.3 is 23.2 Å². The highest BCUT2D eigenvalue weighted by atomic mass is 16.3. The van der Waals surface area contributed by atoms with E-state index >= 15 is 0 Å². The lowest BCUT2D eigenvalue weighted by Crippen LogP contribution is -2.34. The Morgan fingerprint density at radius 1 is 0.333 bits per heavy atom. The number of furan rings is 2. The predicted molar refractivity (Wildman–Crippen MR) is 349 cm³/mol. The highest BCUT2D eigenvalue weighted by Gasteiger charge is 2.53. The molecule has 0 saturated carbocycles. The van der Waals surface area contributed by atoms with E-state index in [4.69, 9.17) is 8.83 Å². The third kappa shape index (κ3) is 6.27. The Balaban J connectivity index is 1.03. The number of rotatable bonds is 8. The predicted octanol–water partition coefficient (Wildman–Crippen LogP) is 21.6. The van der Waals surface area contributed by atoms with Gasteiger partial charge in [-0.05, 0) is 141 Å². The first-order valence-electron chi connectivity index (χ1n) is 29.4. The highest BCUT2D eigenvalue weighted by molar-refractivity contribution is 6.22. The summed E-state index contributed by atoms with van der Waals surface area (Å²) in [7, 11) is 0. The van der Waals surface area contributed by atoms with Gasteiger partial charge in [0.05, 0.1) is 44.9 Å². The van der Waals surface area contributed by atoms with Crippen molar-refractivity contribution < 1.29 is 8.83 Å². The van der Waals surface area contributed by atoms with Gasteiger partial charge in [-0.2, -0.15) is 0 Å². The minimum absolute atomic E-state index is 0.848. The van der Waals surface area contributed by atoms with E-state index in [1.807, 2.05) is 0 Å². The first-order chi connectivity index (χ1) is 41.6. The van der Waals surface area contributed by atoms with Crippen LogP contribution >= 0.6 is 0 Å². The number of aryl methyl sites for hydroxylation is 2. The molecule has 0 saturated heterocycles. The third-order valence-corrected chi connectivity index (χ3v) is 18.7. The Bertz CT molecular complexity index is 5170. The summed E-state index contributed by atoms with van der Waals surface area (Å²) >= 11 is 0. The highest BCUT2D eigenvalue weighted by Crippen LogP contribution is 2.66. The fourth-order valence-electron chi connectivity index (χ4n) is 15.0. The Hall–Kier alpha value is -10.6. The van der Waals surface area contributed by atoms with E-state index < -0.39 is 5.41 Å². The van der Waals surface area contributed by atoms with E-state index in [0.717, 1.165) is 102 Å². The topological polar surface area (TPSA) is 37.7 Å². The zero-order valence-corrected chi connectivity index (χ0v) is 46.4. The number of fused-ring (bicyclic) bond motifs is 22. The van der Waals surface area contributed by atoms with Crippen molar-refractivity contribution >= 4 is 121 Å². The maximum Gasteiger partial charge on any atom is 0.159 e. The lowest BCUT2D eigenvalue weighted by Gasteiger charge is -2.40. The van der Waals surface area contributed by atoms with Gasteiger partial charge in [0.15, 0.2) is 11.2 Å². The summed E-state index contributed by atoms with van der Waals surface area (Å²) in [5.41, 5.74) is 22.3. The zero-order chi connectivity index (χ0) is 55.4. The van der Waals surface area contributed by atoms with E-state index in [0.29, 0.717) is 0 Å². The monoisotopic (exact) mass is 1080 g/mol. The number of hydrogen-bond acceptors (Lipinski definition) is 4. The molecule has 0 bridgehead atoms. The average molecular weight is 1080 g/mol. The van der Waals surface area contributed by atoms with Gasteiger partial charge in [0.1, 0.15) is 11.2 Å². The van der Waals surface area contributed by atoms with Gasteiger partial charge in [-0.25, -0.2) is 0 Å². The van der Waals surface area contributed by atoms with E-state index in [9.17, 15) is 0 Å². The van der Waals surface area contributed by atoms with Crippen LogP contribution in [0.25, 0.3) is 104 Å². The summed E-state index contributed by atoms with van der Waals surface area (Å²) in [6, 6.07) is 97.2. The third-order valence-electron chi connectivity index (χ3n) is 18.7. The van der Waals surface area contributed by atoms with Crippen LogP contribution in [0.1, 0.15) is 47.2 Å². The molecule has 3 aromatic heterocycles. The molecular formula is C79H53N3O2. The van der Waals surface area contributed by atoms with Gasteiger partial charge in [-0.1, -0.05) is 202 Å². The van der Waals surface area contributed by atoms with Crippen LogP contribution in [-0.2, 0) is 18.3 Å². The van der Waals surface area contributed by atoms with Gasteiger partial charge in [0.25, 0.3) is 0 Å². The number of hydrogen-bond donors (Lipinski definition) is 0. The maximum atomic E-state index is 7.03. The van der Waals surface area contributed by atoms with Crippen LogP contribution in [-0.4, -0.2) is 4.57 Å². The second-order valence-electron chi connectivity index (χ2n) is 22.8. The normalized spacial score (nSPS) is 13.1. The summed E-state index contributed by atoms with van der Waals surface area (Å²) in [6.45, 7) is 4.45. The molecule has 0 unspecified atom stereocenters. The molecule has 5 nitrogen and oxygen atoms in total. The smallest absolute Gasteiger partial charge is 0.159 e. The molecular weight excluding hydrogens is 1020 g/mol. The molecule has 1 aliphatic carbocycles. The molecule has 0 fully saturated rings. The summed E-state index contributed by atoms with van der Waals surface area (Å²) in [5, 5.41) is 11.5. The molecule has 1 aliphatic heterocycles. The second kappa shape index (κ2) is 17.7. The van der Waals surface area contributed by atoms with Crippen molar-refractivity contribution in [2.45, 2.75) is 32.1 Å². The number of para-hydroxylation sites is 7. The van der Waals surface area contributed by atoms with Crippen LogP contribution in [0.4, 0.5) is 34.1 Å². The summed E-state index contributed by atoms with van der Waals surface area (Å²) in [6.07, 6.45) is 1.88. The first-order valence-corrected chi connectivity index (χ1v) is 29.4. The van der Waals surface area contributed by atoms with Crippen LogP contribution in [0.2, 0.25) is 0 Å². The average Bonchev–Trinajstić information content (AvgIpc) is 1.48. The van der Waals surface area contributed by atoms with Gasteiger partial charge in [-0.3, -0.25) is 0 Å². The molecule has 18 rings (SSSR count). The Labute approximate surface area is 485 Å². The maximum absolute atomic E-state index is 7.03. The molecule has 4 heterocycles. The van der Waals surface area contributed by atoms with Gasteiger partial charge in [0.2, 0.25) is 0 Å². The minimum atomic E-state index is -0.866. The molecule has 13 aromatic carbocycles. The summed E-state index contributed by atoms with van der Waals surface area (Å²) in [5.74, 6) is 0. The lowest BCUT2D eigenvalue weighted by atomic mass is 9.65. The van der Waals surface area contributed by atoms with Crippen LogP contribution in [0.5, 0.6) is 0 Å². The van der Waals surface area contributed by atoms with Crippen LogP contribution in [0.15, 0.2) is 270 Å². The number of anilines is 6.